The highest BCUT2D eigenvalue weighted by Crippen LogP contribution is 2.23. The Labute approximate surface area is 188 Å². The van der Waals surface area contributed by atoms with Gasteiger partial charge in [-0.2, -0.15) is 0 Å². The first-order valence-electron chi connectivity index (χ1n) is 13.3. The smallest absolute Gasteiger partial charge is 0.166 e. The highest BCUT2D eigenvalue weighted by molar-refractivity contribution is 4.84. The van der Waals surface area contributed by atoms with E-state index < -0.39 is 0 Å². The third-order valence-corrected chi connectivity index (χ3v) is 6.88. The zero-order valence-electron chi connectivity index (χ0n) is 20.4. The monoisotopic (exact) mass is 421 g/mol. The van der Waals surface area contributed by atoms with Crippen LogP contribution in [0.1, 0.15) is 123 Å². The molecular formula is C27H53N2O+. The number of quaternary nitrogens is 1. The quantitative estimate of drug-likeness (QED) is 0.115. The molecule has 0 bridgehead atoms. The summed E-state index contributed by atoms with van der Waals surface area (Å²) in [5.41, 5.74) is 0. The van der Waals surface area contributed by atoms with E-state index in [1.54, 1.807) is 0 Å². The maximum Gasteiger partial charge on any atom is 0.166 e. The van der Waals surface area contributed by atoms with E-state index in [4.69, 9.17) is 0 Å². The molecule has 30 heavy (non-hydrogen) atoms. The first-order chi connectivity index (χ1) is 14.8. The van der Waals surface area contributed by atoms with E-state index in [1.165, 1.54) is 109 Å². The Balaban J connectivity index is 1.85. The van der Waals surface area contributed by atoms with Crippen LogP contribution in [0.15, 0.2) is 24.6 Å². The molecule has 1 rings (SSSR count). The van der Waals surface area contributed by atoms with Crippen LogP contribution in [0.25, 0.3) is 0 Å². The van der Waals surface area contributed by atoms with Crippen molar-refractivity contribution in [3.8, 4) is 0 Å². The first-order valence-corrected chi connectivity index (χ1v) is 13.3. The second kappa shape index (κ2) is 18.9. The van der Waals surface area contributed by atoms with Crippen molar-refractivity contribution < 1.29 is 9.59 Å². The van der Waals surface area contributed by atoms with E-state index in [0.717, 1.165) is 17.6 Å². The van der Waals surface area contributed by atoms with E-state index in [0.29, 0.717) is 6.17 Å². The molecule has 1 heterocycles. The van der Waals surface area contributed by atoms with Gasteiger partial charge >= 0.3 is 0 Å². The number of aliphatic hydroxyl groups excluding tert-OH is 1. The lowest BCUT2D eigenvalue weighted by Gasteiger charge is -2.36. The molecule has 2 unspecified atom stereocenters. The summed E-state index contributed by atoms with van der Waals surface area (Å²) < 4.78 is 0.907. The number of unbranched alkanes of at least 4 members (excludes halogenated alkanes) is 14. The van der Waals surface area contributed by atoms with Gasteiger partial charge in [-0.1, -0.05) is 89.7 Å². The van der Waals surface area contributed by atoms with Gasteiger partial charge in [0.1, 0.15) is 12.7 Å². The number of likely N-dealkylation sites (N-methyl/N-ethyl adjacent to an activating group) is 1. The molecule has 2 N–H and O–H groups in total. The van der Waals surface area contributed by atoms with Crippen molar-refractivity contribution in [1.82, 2.24) is 5.32 Å². The fraction of sp³-hybridized carbons (Fsp3) is 0.852. The molecule has 2 atom stereocenters. The zero-order chi connectivity index (χ0) is 21.8. The summed E-state index contributed by atoms with van der Waals surface area (Å²) in [6.45, 7) is 6.67. The highest BCUT2D eigenvalue weighted by atomic mass is 16.3. The number of allylic oxidation sites excluding steroid dienone is 2. The van der Waals surface area contributed by atoms with Crippen molar-refractivity contribution in [1.29, 1.82) is 0 Å². The summed E-state index contributed by atoms with van der Waals surface area (Å²) in [5.74, 6) is 0. The third-order valence-electron chi connectivity index (χ3n) is 6.88. The summed E-state index contributed by atoms with van der Waals surface area (Å²) in [7, 11) is 0. The lowest BCUT2D eigenvalue weighted by molar-refractivity contribution is -0.900. The van der Waals surface area contributed by atoms with E-state index >= 15 is 0 Å². The summed E-state index contributed by atoms with van der Waals surface area (Å²) in [6.07, 6.45) is 32.9. The van der Waals surface area contributed by atoms with Gasteiger partial charge in [0.15, 0.2) is 6.17 Å². The first kappa shape index (κ1) is 27.2. The number of nitrogens with one attached hydrogen (secondary N) is 1. The van der Waals surface area contributed by atoms with Crippen LogP contribution in [-0.4, -0.2) is 35.5 Å². The molecule has 176 valence electrons. The molecule has 0 saturated carbocycles. The van der Waals surface area contributed by atoms with Gasteiger partial charge in [0, 0.05) is 6.42 Å². The van der Waals surface area contributed by atoms with Gasteiger partial charge in [-0.3, -0.25) is 4.48 Å². The Morgan fingerprint density at radius 1 is 0.767 bits per heavy atom. The van der Waals surface area contributed by atoms with Gasteiger partial charge in [0.2, 0.25) is 0 Å². The van der Waals surface area contributed by atoms with Crippen LogP contribution >= 0.6 is 0 Å². The minimum absolute atomic E-state index is 0.269. The molecule has 0 fully saturated rings. The lowest BCUT2D eigenvalue weighted by atomic mass is 10.0. The molecule has 0 radical (unpaired) electrons. The van der Waals surface area contributed by atoms with E-state index in [1.807, 2.05) is 0 Å². The van der Waals surface area contributed by atoms with Crippen molar-refractivity contribution in [3.63, 3.8) is 0 Å². The molecule has 0 aromatic rings. The average molecular weight is 422 g/mol. The fourth-order valence-corrected chi connectivity index (χ4v) is 4.73. The molecule has 3 heteroatoms. The van der Waals surface area contributed by atoms with Crippen LogP contribution in [0.3, 0.4) is 0 Å². The SMILES string of the molecule is CCCCCCCC/C=C/CCCCCCCCCCC1NC=C[N+]1(CC)CCO. The maximum absolute atomic E-state index is 9.39. The van der Waals surface area contributed by atoms with Gasteiger partial charge < -0.3 is 10.4 Å². The molecule has 1 aliphatic rings. The van der Waals surface area contributed by atoms with E-state index in [2.05, 4.69) is 43.7 Å². The van der Waals surface area contributed by atoms with Crippen LogP contribution in [0.2, 0.25) is 0 Å². The molecule has 0 aromatic heterocycles. The Morgan fingerprint density at radius 2 is 1.30 bits per heavy atom. The summed E-state index contributed by atoms with van der Waals surface area (Å²) in [4.78, 5) is 0. The van der Waals surface area contributed by atoms with Crippen molar-refractivity contribution in [2.24, 2.45) is 0 Å². The highest BCUT2D eigenvalue weighted by Gasteiger charge is 2.35. The second-order valence-electron chi connectivity index (χ2n) is 9.30. The molecule has 3 nitrogen and oxygen atoms in total. The maximum atomic E-state index is 9.39. The normalized spacial score (nSPS) is 21.0. The largest absolute Gasteiger partial charge is 0.390 e. The lowest BCUT2D eigenvalue weighted by Crippen LogP contribution is -2.54. The van der Waals surface area contributed by atoms with Crippen molar-refractivity contribution in [2.75, 3.05) is 19.7 Å². The van der Waals surface area contributed by atoms with E-state index in [9.17, 15) is 5.11 Å². The van der Waals surface area contributed by atoms with Gasteiger partial charge in [0.05, 0.1) is 19.4 Å². The molecule has 0 saturated heterocycles. The molecule has 0 aliphatic carbocycles. The van der Waals surface area contributed by atoms with Crippen LogP contribution in [-0.2, 0) is 0 Å². The van der Waals surface area contributed by atoms with Crippen molar-refractivity contribution in [2.45, 2.75) is 129 Å². The van der Waals surface area contributed by atoms with Crippen molar-refractivity contribution >= 4 is 0 Å². The fourth-order valence-electron chi connectivity index (χ4n) is 4.73. The number of nitrogens with zero attached hydrogens (tertiary/aromatic N) is 1. The predicted molar refractivity (Wildman–Crippen MR) is 132 cm³/mol. The average Bonchev–Trinajstić information content (AvgIpc) is 3.16. The van der Waals surface area contributed by atoms with Gasteiger partial charge in [-0.05, 0) is 39.0 Å². The number of rotatable bonds is 21. The topological polar surface area (TPSA) is 32.3 Å². The third kappa shape index (κ3) is 12.2. The molecule has 0 aromatic carbocycles. The Morgan fingerprint density at radius 3 is 1.83 bits per heavy atom. The molecule has 1 aliphatic heterocycles. The van der Waals surface area contributed by atoms with Crippen LogP contribution < -0.4 is 5.32 Å². The Bertz CT molecular complexity index is 435. The standard InChI is InChI=1S/C27H53N2O/c1-3-5-6-7-8-9-10-11-12-13-14-15-16-17-18-19-20-21-22-27-28-23-24-29(27,4-2)25-26-30/h11-12,23-24,27-28,30H,3-10,13-22,25-26H2,1-2H3/q+1/b12-11+. The van der Waals surface area contributed by atoms with Crippen LogP contribution in [0.5, 0.6) is 0 Å². The minimum atomic E-state index is 0.269. The number of aliphatic hydroxyl groups is 1. The summed E-state index contributed by atoms with van der Waals surface area (Å²) in [5, 5.41) is 12.9. The summed E-state index contributed by atoms with van der Waals surface area (Å²) >= 11 is 0. The van der Waals surface area contributed by atoms with Crippen LogP contribution in [0, 0.1) is 0 Å². The van der Waals surface area contributed by atoms with Gasteiger partial charge in [-0.15, -0.1) is 0 Å². The molecule has 0 amide bonds. The zero-order valence-corrected chi connectivity index (χ0v) is 20.4. The van der Waals surface area contributed by atoms with Gasteiger partial charge in [-0.25, -0.2) is 0 Å². The van der Waals surface area contributed by atoms with Gasteiger partial charge in [0.25, 0.3) is 0 Å². The second-order valence-corrected chi connectivity index (χ2v) is 9.30. The number of hydrogen-bond donors (Lipinski definition) is 2. The van der Waals surface area contributed by atoms with Crippen LogP contribution in [0.4, 0.5) is 0 Å². The van der Waals surface area contributed by atoms with Crippen molar-refractivity contribution in [3.05, 3.63) is 24.6 Å². The predicted octanol–water partition coefficient (Wildman–Crippen LogP) is 7.42. The number of hydrogen-bond acceptors (Lipinski definition) is 2. The minimum Gasteiger partial charge on any atom is -0.390 e. The molecular weight excluding hydrogens is 368 g/mol. The summed E-state index contributed by atoms with van der Waals surface area (Å²) in [6, 6.07) is 0. The Hall–Kier alpha value is -0.800. The Kier molecular flexibility index (Phi) is 17.2. The van der Waals surface area contributed by atoms with E-state index in [-0.39, 0.29) is 6.61 Å². The molecule has 0 spiro atoms.